The molecular formula is C21H25NO3. The van der Waals surface area contributed by atoms with Crippen LogP contribution in [0.15, 0.2) is 47.5 Å². The molecule has 132 valence electrons. The van der Waals surface area contributed by atoms with Gasteiger partial charge in [-0.2, -0.15) is 0 Å². The van der Waals surface area contributed by atoms with Crippen LogP contribution in [0.3, 0.4) is 0 Å². The lowest BCUT2D eigenvalue weighted by Crippen LogP contribution is -2.17. The van der Waals surface area contributed by atoms with Crippen molar-refractivity contribution < 1.29 is 14.2 Å². The fraction of sp³-hybridized carbons (Fsp3) is 0.381. The van der Waals surface area contributed by atoms with Gasteiger partial charge in [-0.3, -0.25) is 0 Å². The van der Waals surface area contributed by atoms with Crippen molar-refractivity contribution in [2.75, 3.05) is 13.7 Å². The molecule has 2 aromatic carbocycles. The summed E-state index contributed by atoms with van der Waals surface area (Å²) in [7, 11) is 1.68. The average Bonchev–Trinajstić information content (AvgIpc) is 2.94. The highest BCUT2D eigenvalue weighted by Crippen LogP contribution is 2.40. The summed E-state index contributed by atoms with van der Waals surface area (Å²) in [6.45, 7) is 8.74. The van der Waals surface area contributed by atoms with Crippen LogP contribution in [0.4, 0.5) is 0 Å². The van der Waals surface area contributed by atoms with Crippen LogP contribution in [0, 0.1) is 0 Å². The Balaban J connectivity index is 2.20. The van der Waals surface area contributed by atoms with Crippen molar-refractivity contribution >= 4 is 5.90 Å². The molecule has 0 fully saturated rings. The molecule has 0 unspecified atom stereocenters. The Hall–Kier alpha value is -2.49. The SMILES string of the molecule is COc1cccc(C2=NC(C)(C)CO2)c1-c1ccccc1OC(C)C. The number of hydrogen-bond acceptors (Lipinski definition) is 4. The van der Waals surface area contributed by atoms with Crippen LogP contribution >= 0.6 is 0 Å². The molecule has 0 aliphatic carbocycles. The fourth-order valence-corrected chi connectivity index (χ4v) is 2.91. The second-order valence-electron chi connectivity index (χ2n) is 7.06. The summed E-state index contributed by atoms with van der Waals surface area (Å²) in [5.74, 6) is 2.24. The van der Waals surface area contributed by atoms with Gasteiger partial charge >= 0.3 is 0 Å². The lowest BCUT2D eigenvalue weighted by atomic mass is 9.97. The third-order valence-electron chi connectivity index (χ3n) is 3.96. The summed E-state index contributed by atoms with van der Waals surface area (Å²) in [5.41, 5.74) is 2.62. The van der Waals surface area contributed by atoms with E-state index in [1.54, 1.807) is 7.11 Å². The van der Waals surface area contributed by atoms with E-state index in [0.717, 1.165) is 28.2 Å². The molecule has 4 nitrogen and oxygen atoms in total. The average molecular weight is 339 g/mol. The van der Waals surface area contributed by atoms with E-state index in [2.05, 4.69) is 13.8 Å². The molecule has 0 amide bonds. The van der Waals surface area contributed by atoms with Gasteiger partial charge in [0.25, 0.3) is 0 Å². The Labute approximate surface area is 149 Å². The monoisotopic (exact) mass is 339 g/mol. The number of nitrogens with zero attached hydrogens (tertiary/aromatic N) is 1. The van der Waals surface area contributed by atoms with Crippen LogP contribution in [0.25, 0.3) is 11.1 Å². The maximum atomic E-state index is 6.02. The van der Waals surface area contributed by atoms with Gasteiger partial charge in [0.1, 0.15) is 18.1 Å². The summed E-state index contributed by atoms with van der Waals surface area (Å²) >= 11 is 0. The molecule has 1 heterocycles. The van der Waals surface area contributed by atoms with E-state index in [1.807, 2.05) is 56.3 Å². The lowest BCUT2D eigenvalue weighted by molar-refractivity contribution is 0.243. The zero-order valence-corrected chi connectivity index (χ0v) is 15.5. The maximum absolute atomic E-state index is 6.02. The first-order chi connectivity index (χ1) is 11.9. The van der Waals surface area contributed by atoms with Crippen molar-refractivity contribution in [3.63, 3.8) is 0 Å². The largest absolute Gasteiger partial charge is 0.496 e. The van der Waals surface area contributed by atoms with Crippen LogP contribution < -0.4 is 9.47 Å². The minimum atomic E-state index is -0.219. The fourth-order valence-electron chi connectivity index (χ4n) is 2.91. The van der Waals surface area contributed by atoms with Crippen molar-refractivity contribution in [2.24, 2.45) is 4.99 Å². The second-order valence-corrected chi connectivity index (χ2v) is 7.06. The van der Waals surface area contributed by atoms with Crippen molar-refractivity contribution in [3.05, 3.63) is 48.0 Å². The molecule has 0 spiro atoms. The number of para-hydroxylation sites is 1. The minimum absolute atomic E-state index is 0.0818. The zero-order valence-electron chi connectivity index (χ0n) is 15.5. The summed E-state index contributed by atoms with van der Waals surface area (Å²) in [6, 6.07) is 13.9. The van der Waals surface area contributed by atoms with Gasteiger partial charge in [-0.1, -0.05) is 24.3 Å². The number of benzene rings is 2. The quantitative estimate of drug-likeness (QED) is 0.792. The van der Waals surface area contributed by atoms with E-state index >= 15 is 0 Å². The Kier molecular flexibility index (Phi) is 4.71. The molecule has 0 radical (unpaired) electrons. The number of rotatable bonds is 5. The summed E-state index contributed by atoms with van der Waals surface area (Å²) < 4.78 is 17.6. The van der Waals surface area contributed by atoms with Gasteiger partial charge in [-0.05, 0) is 45.9 Å². The molecular weight excluding hydrogens is 314 g/mol. The number of ether oxygens (including phenoxy) is 3. The third-order valence-corrected chi connectivity index (χ3v) is 3.96. The molecule has 4 heteroatoms. The number of aliphatic imine (C=N–C) groups is 1. The van der Waals surface area contributed by atoms with Crippen LogP contribution in [0.1, 0.15) is 33.3 Å². The molecule has 25 heavy (non-hydrogen) atoms. The highest BCUT2D eigenvalue weighted by atomic mass is 16.5. The number of methoxy groups -OCH3 is 1. The van der Waals surface area contributed by atoms with Gasteiger partial charge in [0.2, 0.25) is 5.90 Å². The predicted octanol–water partition coefficient (Wildman–Crippen LogP) is 4.70. The molecule has 0 N–H and O–H groups in total. The molecule has 3 rings (SSSR count). The van der Waals surface area contributed by atoms with E-state index in [1.165, 1.54) is 0 Å². The van der Waals surface area contributed by atoms with Crippen molar-refractivity contribution in [2.45, 2.75) is 39.3 Å². The second kappa shape index (κ2) is 6.79. The van der Waals surface area contributed by atoms with E-state index in [4.69, 9.17) is 19.2 Å². The minimum Gasteiger partial charge on any atom is -0.496 e. The first-order valence-electron chi connectivity index (χ1n) is 8.57. The molecule has 1 aliphatic rings. The van der Waals surface area contributed by atoms with Crippen molar-refractivity contribution in [1.82, 2.24) is 0 Å². The van der Waals surface area contributed by atoms with Crippen molar-refractivity contribution in [1.29, 1.82) is 0 Å². The first kappa shape index (κ1) is 17.3. The normalized spacial score (nSPS) is 15.7. The molecule has 0 saturated heterocycles. The summed E-state index contributed by atoms with van der Waals surface area (Å²) in [4.78, 5) is 4.74. The Morgan fingerprint density at radius 2 is 1.68 bits per heavy atom. The number of hydrogen-bond donors (Lipinski definition) is 0. The zero-order chi connectivity index (χ0) is 18.0. The third kappa shape index (κ3) is 3.63. The molecule has 0 saturated carbocycles. The van der Waals surface area contributed by atoms with Gasteiger partial charge in [-0.25, -0.2) is 4.99 Å². The smallest absolute Gasteiger partial charge is 0.217 e. The maximum Gasteiger partial charge on any atom is 0.217 e. The first-order valence-corrected chi connectivity index (χ1v) is 8.57. The van der Waals surface area contributed by atoms with E-state index in [-0.39, 0.29) is 11.6 Å². The molecule has 2 aromatic rings. The van der Waals surface area contributed by atoms with Gasteiger partial charge in [-0.15, -0.1) is 0 Å². The summed E-state index contributed by atoms with van der Waals surface area (Å²) in [5, 5.41) is 0. The predicted molar refractivity (Wildman–Crippen MR) is 101 cm³/mol. The standard InChI is InChI=1S/C21H25NO3/c1-14(2)25-17-11-7-6-9-15(17)19-16(10-8-12-18(19)23-5)20-22-21(3,4)13-24-20/h6-12,14H,13H2,1-5H3. The van der Waals surface area contributed by atoms with E-state index in [0.29, 0.717) is 12.5 Å². The van der Waals surface area contributed by atoms with Crippen LogP contribution in [-0.2, 0) is 4.74 Å². The van der Waals surface area contributed by atoms with Gasteiger partial charge < -0.3 is 14.2 Å². The highest BCUT2D eigenvalue weighted by Gasteiger charge is 2.29. The van der Waals surface area contributed by atoms with Gasteiger partial charge in [0, 0.05) is 16.7 Å². The Morgan fingerprint density at radius 1 is 1.00 bits per heavy atom. The lowest BCUT2D eigenvalue weighted by Gasteiger charge is -2.18. The molecule has 0 bridgehead atoms. The Bertz CT molecular complexity index is 793. The molecule has 0 atom stereocenters. The van der Waals surface area contributed by atoms with Crippen molar-refractivity contribution in [3.8, 4) is 22.6 Å². The van der Waals surface area contributed by atoms with E-state index in [9.17, 15) is 0 Å². The topological polar surface area (TPSA) is 40.0 Å². The molecule has 0 aromatic heterocycles. The van der Waals surface area contributed by atoms with Crippen LogP contribution in [-0.4, -0.2) is 31.3 Å². The van der Waals surface area contributed by atoms with Gasteiger partial charge in [0.05, 0.1) is 18.8 Å². The van der Waals surface area contributed by atoms with Crippen LogP contribution in [0.2, 0.25) is 0 Å². The van der Waals surface area contributed by atoms with Gasteiger partial charge in [0.15, 0.2) is 0 Å². The highest BCUT2D eigenvalue weighted by molar-refractivity contribution is 6.04. The Morgan fingerprint density at radius 3 is 2.32 bits per heavy atom. The van der Waals surface area contributed by atoms with E-state index < -0.39 is 0 Å². The summed E-state index contributed by atoms with van der Waals surface area (Å²) in [6.07, 6.45) is 0.0818. The molecule has 1 aliphatic heterocycles. The van der Waals surface area contributed by atoms with Crippen LogP contribution in [0.5, 0.6) is 11.5 Å².